The Morgan fingerprint density at radius 1 is 1.24 bits per heavy atom. The number of fused-ring (bicyclic) bond motifs is 2. The molecule has 2 atom stereocenters. The van der Waals surface area contributed by atoms with Crippen LogP contribution in [0.15, 0.2) is 18.2 Å². The van der Waals surface area contributed by atoms with Crippen LogP contribution in [-0.4, -0.2) is 78.7 Å². The maximum Gasteiger partial charge on any atom is 0.153 e. The number of likely N-dealkylation sites (N-methyl/N-ethyl adjacent to an activating group) is 1. The fraction of sp³-hybridized carbons (Fsp3) is 0.588. The molecule has 1 N–H and O–H groups in total. The normalized spacial score (nSPS) is 26.8. The fourth-order valence-electron chi connectivity index (χ4n) is 4.18. The van der Waals surface area contributed by atoms with Gasteiger partial charge in [0.1, 0.15) is 5.75 Å². The number of hydrogen-bond donors (Lipinski definition) is 1. The van der Waals surface area contributed by atoms with Gasteiger partial charge in [0.05, 0.1) is 29.8 Å². The number of ether oxygens (including phenoxy) is 1. The van der Waals surface area contributed by atoms with E-state index in [9.17, 15) is 8.42 Å². The molecule has 0 radical (unpaired) electrons. The van der Waals surface area contributed by atoms with E-state index >= 15 is 0 Å². The van der Waals surface area contributed by atoms with Gasteiger partial charge in [-0.1, -0.05) is 6.92 Å². The summed E-state index contributed by atoms with van der Waals surface area (Å²) in [5.41, 5.74) is 1.92. The molecule has 0 aliphatic carbocycles. The van der Waals surface area contributed by atoms with E-state index in [1.165, 1.54) is 0 Å². The summed E-state index contributed by atoms with van der Waals surface area (Å²) in [6.45, 7) is 5.45. The summed E-state index contributed by atoms with van der Waals surface area (Å²) >= 11 is 0. The lowest BCUT2D eigenvalue weighted by molar-refractivity contribution is 0.0434. The monoisotopic (exact) mass is 364 g/mol. The lowest BCUT2D eigenvalue weighted by Gasteiger charge is -2.43. The summed E-state index contributed by atoms with van der Waals surface area (Å²) in [6, 6.07) is 5.98. The number of H-pyrrole nitrogens is 1. The third kappa shape index (κ3) is 3.02. The number of benzene rings is 1. The lowest BCUT2D eigenvalue weighted by atomic mass is 10.0. The van der Waals surface area contributed by atoms with Crippen LogP contribution in [0.1, 0.15) is 12.6 Å². The summed E-state index contributed by atoms with van der Waals surface area (Å²) < 4.78 is 29.7. The number of sulfone groups is 1. The molecule has 0 spiro atoms. The minimum absolute atomic E-state index is 0.0580. The lowest BCUT2D eigenvalue weighted by Crippen LogP contribution is -2.58. The largest absolute Gasteiger partial charge is 0.497 e. The van der Waals surface area contributed by atoms with Crippen LogP contribution in [0.3, 0.4) is 0 Å². The molecule has 2 fully saturated rings. The van der Waals surface area contributed by atoms with Crippen molar-refractivity contribution in [3.8, 4) is 5.75 Å². The van der Waals surface area contributed by atoms with Gasteiger partial charge in [-0.15, -0.1) is 0 Å². The fourth-order valence-corrected chi connectivity index (χ4v) is 6.22. The molecule has 0 bridgehead atoms. The van der Waals surface area contributed by atoms with Crippen LogP contribution >= 0.6 is 0 Å². The van der Waals surface area contributed by atoms with Gasteiger partial charge in [-0.05, 0) is 24.7 Å². The van der Waals surface area contributed by atoms with E-state index in [1.807, 2.05) is 18.2 Å². The van der Waals surface area contributed by atoms with Crippen LogP contribution in [0.2, 0.25) is 0 Å². The third-order valence-corrected chi connectivity index (χ3v) is 7.21. The van der Waals surface area contributed by atoms with Gasteiger partial charge in [0, 0.05) is 37.1 Å². The van der Waals surface area contributed by atoms with Crippen molar-refractivity contribution < 1.29 is 13.2 Å². The highest BCUT2D eigenvalue weighted by molar-refractivity contribution is 7.91. The van der Waals surface area contributed by atoms with Gasteiger partial charge in [0.2, 0.25) is 0 Å². The van der Waals surface area contributed by atoms with Crippen molar-refractivity contribution in [3.63, 3.8) is 0 Å². The highest BCUT2D eigenvalue weighted by Crippen LogP contribution is 2.29. The molecule has 136 valence electrons. The minimum atomic E-state index is -2.97. The van der Waals surface area contributed by atoms with Crippen molar-refractivity contribution >= 4 is 20.7 Å². The molecule has 2 aliphatic rings. The molecule has 2 aliphatic heterocycles. The van der Waals surface area contributed by atoms with Crippen molar-refractivity contribution in [2.24, 2.45) is 0 Å². The Kier molecular flexibility index (Phi) is 4.21. The third-order valence-electron chi connectivity index (χ3n) is 5.51. The van der Waals surface area contributed by atoms with Gasteiger partial charge < -0.3 is 4.74 Å². The van der Waals surface area contributed by atoms with Crippen LogP contribution in [0.4, 0.5) is 0 Å². The molecule has 0 unspecified atom stereocenters. The van der Waals surface area contributed by atoms with E-state index in [1.54, 1.807) is 7.11 Å². The van der Waals surface area contributed by atoms with Crippen LogP contribution in [0.5, 0.6) is 5.75 Å². The summed E-state index contributed by atoms with van der Waals surface area (Å²) in [6.07, 6.45) is 0. The molecular weight excluding hydrogens is 340 g/mol. The van der Waals surface area contributed by atoms with Crippen molar-refractivity contribution in [1.29, 1.82) is 0 Å². The van der Waals surface area contributed by atoms with Crippen molar-refractivity contribution in [2.75, 3.05) is 38.2 Å². The molecule has 1 aromatic carbocycles. The topological polar surface area (TPSA) is 78.5 Å². The van der Waals surface area contributed by atoms with E-state index in [-0.39, 0.29) is 23.6 Å². The van der Waals surface area contributed by atoms with Crippen molar-refractivity contribution in [3.05, 3.63) is 23.9 Å². The SMILES string of the molecule is CCN1CCN(Cc2[nH]nc3ccc(OC)cc23)[C@@H]2CS(=O)(=O)C[C@@H]21. The first-order chi connectivity index (χ1) is 12.0. The van der Waals surface area contributed by atoms with Gasteiger partial charge in [-0.2, -0.15) is 5.10 Å². The molecule has 2 saturated heterocycles. The Balaban J connectivity index is 1.62. The summed E-state index contributed by atoms with van der Waals surface area (Å²) in [5.74, 6) is 1.33. The van der Waals surface area contributed by atoms with E-state index in [4.69, 9.17) is 4.74 Å². The molecule has 0 amide bonds. The van der Waals surface area contributed by atoms with E-state index in [2.05, 4.69) is 26.9 Å². The van der Waals surface area contributed by atoms with Gasteiger partial charge in [0.15, 0.2) is 9.84 Å². The molecule has 4 rings (SSSR count). The van der Waals surface area contributed by atoms with Crippen LogP contribution in [0, 0.1) is 0 Å². The maximum atomic E-state index is 12.2. The van der Waals surface area contributed by atoms with Crippen molar-refractivity contribution in [1.82, 2.24) is 20.0 Å². The zero-order valence-corrected chi connectivity index (χ0v) is 15.4. The van der Waals surface area contributed by atoms with Gasteiger partial charge >= 0.3 is 0 Å². The quantitative estimate of drug-likeness (QED) is 0.868. The molecule has 0 saturated carbocycles. The molecule has 3 heterocycles. The summed E-state index contributed by atoms with van der Waals surface area (Å²) in [5, 5.41) is 8.53. The number of methoxy groups -OCH3 is 1. The Bertz CT molecular complexity index is 879. The predicted octanol–water partition coefficient (Wildman–Crippen LogP) is 0.875. The first-order valence-corrected chi connectivity index (χ1v) is 10.5. The van der Waals surface area contributed by atoms with E-state index in [0.717, 1.165) is 42.0 Å². The second kappa shape index (κ2) is 6.26. The molecule has 8 heteroatoms. The van der Waals surface area contributed by atoms with Gasteiger partial charge in [-0.3, -0.25) is 14.9 Å². The van der Waals surface area contributed by atoms with Crippen LogP contribution in [-0.2, 0) is 16.4 Å². The van der Waals surface area contributed by atoms with Crippen LogP contribution in [0.25, 0.3) is 10.9 Å². The second-order valence-corrected chi connectivity index (χ2v) is 9.05. The Hall–Kier alpha value is -1.64. The Labute approximate surface area is 147 Å². The smallest absolute Gasteiger partial charge is 0.153 e. The highest BCUT2D eigenvalue weighted by Gasteiger charge is 2.46. The number of piperazine rings is 1. The standard InChI is InChI=1S/C17H24N4O3S/c1-3-20-6-7-21(17-11-25(22,23)10-16(17)20)9-15-13-8-12(24-2)4-5-14(13)18-19-15/h4-5,8,16-17H,3,6-7,9-11H2,1-2H3,(H,18,19)/t16-,17+/m0/s1. The number of nitrogens with one attached hydrogen (secondary N) is 1. The second-order valence-electron chi connectivity index (χ2n) is 6.90. The zero-order valence-electron chi connectivity index (χ0n) is 14.6. The number of hydrogen-bond acceptors (Lipinski definition) is 6. The van der Waals surface area contributed by atoms with E-state index < -0.39 is 9.84 Å². The Morgan fingerprint density at radius 2 is 1.96 bits per heavy atom. The summed E-state index contributed by atoms with van der Waals surface area (Å²) in [4.78, 5) is 4.60. The number of rotatable bonds is 4. The molecular formula is C17H24N4O3S. The minimum Gasteiger partial charge on any atom is -0.497 e. The number of aromatic amines is 1. The van der Waals surface area contributed by atoms with Gasteiger partial charge in [0.25, 0.3) is 0 Å². The maximum absolute atomic E-state index is 12.2. The zero-order chi connectivity index (χ0) is 17.6. The number of nitrogens with zero attached hydrogens (tertiary/aromatic N) is 3. The molecule has 7 nitrogen and oxygen atoms in total. The molecule has 25 heavy (non-hydrogen) atoms. The summed E-state index contributed by atoms with van der Waals surface area (Å²) in [7, 11) is -1.31. The average Bonchev–Trinajstić information content (AvgIpc) is 3.14. The van der Waals surface area contributed by atoms with Gasteiger partial charge in [-0.25, -0.2) is 8.42 Å². The first-order valence-electron chi connectivity index (χ1n) is 8.70. The van der Waals surface area contributed by atoms with Crippen molar-refractivity contribution in [2.45, 2.75) is 25.6 Å². The highest BCUT2D eigenvalue weighted by atomic mass is 32.2. The average molecular weight is 364 g/mol. The number of aromatic nitrogens is 2. The Morgan fingerprint density at radius 3 is 2.68 bits per heavy atom. The van der Waals surface area contributed by atoms with E-state index in [0.29, 0.717) is 6.54 Å². The van der Waals surface area contributed by atoms with Crippen LogP contribution < -0.4 is 4.74 Å². The molecule has 2 aromatic rings. The molecule has 1 aromatic heterocycles. The first kappa shape index (κ1) is 16.8. The predicted molar refractivity (Wildman–Crippen MR) is 96.5 cm³/mol.